The zero-order chi connectivity index (χ0) is 19.2. The highest BCUT2D eigenvalue weighted by Crippen LogP contribution is 2.18. The summed E-state index contributed by atoms with van der Waals surface area (Å²) in [6.45, 7) is 0.723. The van der Waals surface area contributed by atoms with E-state index in [-0.39, 0.29) is 5.91 Å². The van der Waals surface area contributed by atoms with Crippen LogP contribution in [-0.2, 0) is 11.2 Å². The molecule has 7 nitrogen and oxygen atoms in total. The lowest BCUT2D eigenvalue weighted by atomic mass is 10.1. The zero-order valence-corrected chi connectivity index (χ0v) is 15.2. The van der Waals surface area contributed by atoms with Gasteiger partial charge in [0.2, 0.25) is 11.8 Å². The molecule has 2 heterocycles. The normalized spacial score (nSPS) is 10.7. The van der Waals surface area contributed by atoms with Crippen molar-refractivity contribution in [3.05, 3.63) is 78.4 Å². The average Bonchev–Trinajstić information content (AvgIpc) is 3.16. The summed E-state index contributed by atoms with van der Waals surface area (Å²) in [7, 11) is 0. The van der Waals surface area contributed by atoms with Crippen molar-refractivity contribution >= 4 is 11.6 Å². The van der Waals surface area contributed by atoms with E-state index < -0.39 is 0 Å². The lowest BCUT2D eigenvalue weighted by molar-refractivity contribution is -0.120. The lowest BCUT2D eigenvalue weighted by Gasteiger charge is -2.08. The van der Waals surface area contributed by atoms with Gasteiger partial charge in [0.05, 0.1) is 13.0 Å². The van der Waals surface area contributed by atoms with Gasteiger partial charge < -0.3 is 10.1 Å². The lowest BCUT2D eigenvalue weighted by Crippen LogP contribution is -2.29. The standard InChI is InChI=1S/C21H19N5O2/c27-19(15-16-7-3-1-4-8-16)22-13-14-28-20-12-11-18-23-24-21(26(18)25-20)17-9-5-2-6-10-17/h1-12H,13-15H2,(H,22,27). The molecule has 0 aliphatic carbocycles. The third-order valence-corrected chi connectivity index (χ3v) is 4.15. The Morgan fingerprint density at radius 3 is 2.46 bits per heavy atom. The first-order valence-corrected chi connectivity index (χ1v) is 9.01. The minimum atomic E-state index is -0.0385. The number of nitrogens with one attached hydrogen (secondary N) is 1. The summed E-state index contributed by atoms with van der Waals surface area (Å²) in [5, 5.41) is 15.6. The molecule has 4 aromatic rings. The summed E-state index contributed by atoms with van der Waals surface area (Å²) >= 11 is 0. The highest BCUT2D eigenvalue weighted by atomic mass is 16.5. The van der Waals surface area contributed by atoms with E-state index in [1.54, 1.807) is 16.6 Å². The van der Waals surface area contributed by atoms with E-state index in [0.717, 1.165) is 11.1 Å². The molecule has 0 bridgehead atoms. The van der Waals surface area contributed by atoms with E-state index in [1.807, 2.05) is 60.7 Å². The molecule has 0 aliphatic heterocycles. The Labute approximate surface area is 162 Å². The molecule has 2 aromatic carbocycles. The number of hydrogen-bond donors (Lipinski definition) is 1. The third kappa shape index (κ3) is 4.15. The Balaban J connectivity index is 1.34. The molecule has 0 saturated carbocycles. The van der Waals surface area contributed by atoms with Crippen LogP contribution in [0.25, 0.3) is 17.0 Å². The summed E-state index contributed by atoms with van der Waals surface area (Å²) < 4.78 is 7.32. The monoisotopic (exact) mass is 373 g/mol. The van der Waals surface area contributed by atoms with Gasteiger partial charge in [-0.3, -0.25) is 4.79 Å². The van der Waals surface area contributed by atoms with E-state index in [9.17, 15) is 4.79 Å². The molecule has 0 radical (unpaired) electrons. The van der Waals surface area contributed by atoms with Gasteiger partial charge >= 0.3 is 0 Å². The van der Waals surface area contributed by atoms with Gasteiger partial charge in [-0.25, -0.2) is 0 Å². The van der Waals surface area contributed by atoms with Crippen LogP contribution in [0.15, 0.2) is 72.8 Å². The Morgan fingerprint density at radius 1 is 0.929 bits per heavy atom. The van der Waals surface area contributed by atoms with Gasteiger partial charge in [-0.2, -0.15) is 4.52 Å². The van der Waals surface area contributed by atoms with Crippen molar-refractivity contribution < 1.29 is 9.53 Å². The maximum atomic E-state index is 12.0. The molecule has 0 spiro atoms. The maximum Gasteiger partial charge on any atom is 0.231 e. The van der Waals surface area contributed by atoms with Crippen molar-refractivity contribution in [1.29, 1.82) is 0 Å². The van der Waals surface area contributed by atoms with E-state index in [0.29, 0.717) is 36.9 Å². The zero-order valence-electron chi connectivity index (χ0n) is 15.2. The Kier molecular flexibility index (Phi) is 5.24. The van der Waals surface area contributed by atoms with Crippen LogP contribution in [0.2, 0.25) is 0 Å². The fraction of sp³-hybridized carbons (Fsp3) is 0.143. The molecule has 0 fully saturated rings. The number of carbonyl (C=O) groups is 1. The Hall–Kier alpha value is -3.74. The van der Waals surface area contributed by atoms with Crippen LogP contribution >= 0.6 is 0 Å². The summed E-state index contributed by atoms with van der Waals surface area (Å²) in [4.78, 5) is 12.0. The minimum Gasteiger partial charge on any atom is -0.475 e. The van der Waals surface area contributed by atoms with Crippen molar-refractivity contribution in [2.75, 3.05) is 13.2 Å². The predicted molar refractivity (Wildman–Crippen MR) is 105 cm³/mol. The second kappa shape index (κ2) is 8.30. The predicted octanol–water partition coefficient (Wildman–Crippen LogP) is 2.53. The number of rotatable bonds is 7. The SMILES string of the molecule is O=C(Cc1ccccc1)NCCOc1ccc2nnc(-c3ccccc3)n2n1. The molecular formula is C21H19N5O2. The highest BCUT2D eigenvalue weighted by Gasteiger charge is 2.10. The molecule has 0 unspecified atom stereocenters. The van der Waals surface area contributed by atoms with Gasteiger partial charge in [-0.05, 0) is 11.6 Å². The van der Waals surface area contributed by atoms with Crippen LogP contribution in [0.4, 0.5) is 0 Å². The van der Waals surface area contributed by atoms with Crippen molar-refractivity contribution in [3.63, 3.8) is 0 Å². The van der Waals surface area contributed by atoms with Crippen molar-refractivity contribution in [3.8, 4) is 17.3 Å². The number of nitrogens with zero attached hydrogens (tertiary/aromatic N) is 4. The first kappa shape index (κ1) is 17.7. The van der Waals surface area contributed by atoms with Gasteiger partial charge in [-0.1, -0.05) is 60.7 Å². The average molecular weight is 373 g/mol. The number of benzene rings is 2. The van der Waals surface area contributed by atoms with E-state index in [1.165, 1.54) is 0 Å². The second-order valence-corrected chi connectivity index (χ2v) is 6.19. The smallest absolute Gasteiger partial charge is 0.231 e. The molecule has 1 amide bonds. The number of aromatic nitrogens is 4. The molecule has 7 heteroatoms. The van der Waals surface area contributed by atoms with Crippen molar-refractivity contribution in [2.45, 2.75) is 6.42 Å². The van der Waals surface area contributed by atoms with E-state index in [4.69, 9.17) is 4.74 Å². The summed E-state index contributed by atoms with van der Waals surface area (Å²) in [6.07, 6.45) is 0.353. The summed E-state index contributed by atoms with van der Waals surface area (Å²) in [5.74, 6) is 1.06. The molecule has 1 N–H and O–H groups in total. The number of carbonyl (C=O) groups excluding carboxylic acids is 1. The molecule has 28 heavy (non-hydrogen) atoms. The second-order valence-electron chi connectivity index (χ2n) is 6.19. The van der Waals surface area contributed by atoms with Crippen LogP contribution in [0.3, 0.4) is 0 Å². The van der Waals surface area contributed by atoms with Gasteiger partial charge in [0.15, 0.2) is 11.5 Å². The van der Waals surface area contributed by atoms with Gasteiger partial charge in [0.1, 0.15) is 6.61 Å². The van der Waals surface area contributed by atoms with Gasteiger partial charge in [0.25, 0.3) is 0 Å². The molecule has 0 saturated heterocycles. The topological polar surface area (TPSA) is 81.4 Å². The van der Waals surface area contributed by atoms with Crippen LogP contribution in [0, 0.1) is 0 Å². The molecule has 0 aliphatic rings. The first-order valence-electron chi connectivity index (χ1n) is 9.01. The van der Waals surface area contributed by atoms with Crippen LogP contribution in [0.1, 0.15) is 5.56 Å². The fourth-order valence-corrected chi connectivity index (χ4v) is 2.81. The molecule has 140 valence electrons. The Morgan fingerprint density at radius 2 is 1.68 bits per heavy atom. The van der Waals surface area contributed by atoms with Gasteiger partial charge in [0, 0.05) is 11.6 Å². The van der Waals surface area contributed by atoms with Crippen LogP contribution < -0.4 is 10.1 Å². The number of hydrogen-bond acceptors (Lipinski definition) is 5. The van der Waals surface area contributed by atoms with Crippen LogP contribution in [-0.4, -0.2) is 38.9 Å². The molecule has 2 aromatic heterocycles. The van der Waals surface area contributed by atoms with Gasteiger partial charge in [-0.15, -0.1) is 15.3 Å². The Bertz CT molecular complexity index is 1060. The summed E-state index contributed by atoms with van der Waals surface area (Å²) in [5.41, 5.74) is 2.55. The van der Waals surface area contributed by atoms with Crippen molar-refractivity contribution in [1.82, 2.24) is 25.1 Å². The molecular weight excluding hydrogens is 354 g/mol. The number of ether oxygens (including phenoxy) is 1. The summed E-state index contributed by atoms with van der Waals surface area (Å²) in [6, 6.07) is 22.9. The quantitative estimate of drug-likeness (QED) is 0.504. The third-order valence-electron chi connectivity index (χ3n) is 4.15. The van der Waals surface area contributed by atoms with Crippen LogP contribution in [0.5, 0.6) is 5.88 Å². The first-order chi connectivity index (χ1) is 13.8. The minimum absolute atomic E-state index is 0.0385. The van der Waals surface area contributed by atoms with E-state index in [2.05, 4.69) is 20.6 Å². The van der Waals surface area contributed by atoms with E-state index >= 15 is 0 Å². The number of amides is 1. The fourth-order valence-electron chi connectivity index (χ4n) is 2.81. The molecule has 0 atom stereocenters. The number of fused-ring (bicyclic) bond motifs is 1. The highest BCUT2D eigenvalue weighted by molar-refractivity contribution is 5.78. The molecule has 4 rings (SSSR count). The van der Waals surface area contributed by atoms with Crippen molar-refractivity contribution in [2.24, 2.45) is 0 Å². The largest absolute Gasteiger partial charge is 0.475 e. The maximum absolute atomic E-state index is 12.0.